The quantitative estimate of drug-likeness (QED) is 0.681. The summed E-state index contributed by atoms with van der Waals surface area (Å²) < 4.78 is 14.3. The highest BCUT2D eigenvalue weighted by molar-refractivity contribution is 5.95. The highest BCUT2D eigenvalue weighted by Crippen LogP contribution is 2.22. The van der Waals surface area contributed by atoms with Gasteiger partial charge in [0.25, 0.3) is 0 Å². The van der Waals surface area contributed by atoms with Gasteiger partial charge in [-0.2, -0.15) is 0 Å². The predicted molar refractivity (Wildman–Crippen MR) is 113 cm³/mol. The van der Waals surface area contributed by atoms with Gasteiger partial charge in [0.15, 0.2) is 5.78 Å². The van der Waals surface area contributed by atoms with Crippen LogP contribution in [0.1, 0.15) is 34.1 Å². The van der Waals surface area contributed by atoms with Crippen molar-refractivity contribution in [3.8, 4) is 0 Å². The van der Waals surface area contributed by atoms with Gasteiger partial charge < -0.3 is 16.0 Å². The van der Waals surface area contributed by atoms with Gasteiger partial charge in [-0.25, -0.2) is 4.39 Å². The van der Waals surface area contributed by atoms with E-state index in [4.69, 9.17) is 5.73 Å². The Kier molecular flexibility index (Phi) is 6.79. The number of amides is 2. The average molecular weight is 412 g/mol. The second-order valence-electron chi connectivity index (χ2n) is 7.29. The smallest absolute Gasteiger partial charge is 0.248 e. The minimum atomic E-state index is -0.512. The van der Waals surface area contributed by atoms with Gasteiger partial charge in [-0.3, -0.25) is 19.3 Å². The molecule has 1 heterocycles. The molecule has 1 fully saturated rings. The van der Waals surface area contributed by atoms with Gasteiger partial charge in [0.05, 0.1) is 5.69 Å². The minimum Gasteiger partial charge on any atom is -0.367 e. The molecule has 1 aliphatic rings. The van der Waals surface area contributed by atoms with Crippen molar-refractivity contribution in [3.05, 3.63) is 59.4 Å². The number of nitrogens with two attached hydrogens (primary N) is 1. The first-order valence-electron chi connectivity index (χ1n) is 9.81. The van der Waals surface area contributed by atoms with Crippen molar-refractivity contribution in [1.29, 1.82) is 0 Å². The number of nitrogens with one attached hydrogen (secondary N) is 1. The molecular formula is C22H25FN4O3. The van der Waals surface area contributed by atoms with Gasteiger partial charge in [-0.1, -0.05) is 0 Å². The second-order valence-corrected chi connectivity index (χ2v) is 7.29. The third-order valence-electron chi connectivity index (χ3n) is 5.18. The summed E-state index contributed by atoms with van der Waals surface area (Å²) in [6.07, 6.45) is 0.333. The molecule has 1 saturated heterocycles. The molecule has 30 heavy (non-hydrogen) atoms. The van der Waals surface area contributed by atoms with Crippen molar-refractivity contribution in [2.24, 2.45) is 5.73 Å². The molecule has 0 spiro atoms. The zero-order valence-corrected chi connectivity index (χ0v) is 16.9. The van der Waals surface area contributed by atoms with Crippen LogP contribution in [0.3, 0.4) is 0 Å². The van der Waals surface area contributed by atoms with Gasteiger partial charge in [0.1, 0.15) is 5.82 Å². The first kappa shape index (κ1) is 21.4. The summed E-state index contributed by atoms with van der Waals surface area (Å²) in [6.45, 7) is 4.74. The molecule has 0 radical (unpaired) electrons. The number of rotatable bonds is 7. The number of ketones is 1. The molecule has 0 bridgehead atoms. The molecule has 1 aliphatic heterocycles. The number of halogens is 1. The summed E-state index contributed by atoms with van der Waals surface area (Å²) >= 11 is 0. The zero-order chi connectivity index (χ0) is 21.7. The van der Waals surface area contributed by atoms with E-state index in [1.165, 1.54) is 13.0 Å². The topological polar surface area (TPSA) is 95.7 Å². The largest absolute Gasteiger partial charge is 0.367 e. The van der Waals surface area contributed by atoms with Crippen LogP contribution in [0.2, 0.25) is 0 Å². The first-order valence-corrected chi connectivity index (χ1v) is 9.81. The lowest BCUT2D eigenvalue weighted by molar-refractivity contribution is -0.116. The van der Waals surface area contributed by atoms with Gasteiger partial charge >= 0.3 is 0 Å². The Bertz CT molecular complexity index is 938. The highest BCUT2D eigenvalue weighted by atomic mass is 19.1. The standard InChI is InChI=1S/C22H25FN4O3/c1-15(28)17-4-7-20(19(23)14-17)27-12-10-26(11-13-27)9-8-21(29)25-18-5-2-16(3-6-18)22(24)30/h2-7,14H,8-13H2,1H3,(H2,24,30)(H,25,29). The van der Waals surface area contributed by atoms with Crippen LogP contribution in [0.15, 0.2) is 42.5 Å². The lowest BCUT2D eigenvalue weighted by Gasteiger charge is -2.36. The molecule has 2 aromatic rings. The van der Waals surface area contributed by atoms with E-state index in [0.717, 1.165) is 0 Å². The van der Waals surface area contributed by atoms with Crippen LogP contribution in [-0.4, -0.2) is 55.2 Å². The van der Waals surface area contributed by atoms with Crippen molar-refractivity contribution in [3.63, 3.8) is 0 Å². The second kappa shape index (κ2) is 9.49. The van der Waals surface area contributed by atoms with E-state index in [1.807, 2.05) is 4.90 Å². The summed E-state index contributed by atoms with van der Waals surface area (Å²) in [5.41, 5.74) is 7.06. The number of hydrogen-bond acceptors (Lipinski definition) is 5. The fourth-order valence-electron chi connectivity index (χ4n) is 3.40. The maximum Gasteiger partial charge on any atom is 0.248 e. The van der Waals surface area contributed by atoms with E-state index in [2.05, 4.69) is 10.2 Å². The lowest BCUT2D eigenvalue weighted by Crippen LogP contribution is -2.47. The Morgan fingerprint density at radius 1 is 1.00 bits per heavy atom. The van der Waals surface area contributed by atoms with Crippen molar-refractivity contribution >= 4 is 29.0 Å². The van der Waals surface area contributed by atoms with Gasteiger partial charge in [0.2, 0.25) is 11.8 Å². The number of piperazine rings is 1. The van der Waals surface area contributed by atoms with E-state index in [1.54, 1.807) is 36.4 Å². The van der Waals surface area contributed by atoms with Gasteiger partial charge in [-0.15, -0.1) is 0 Å². The molecule has 0 unspecified atom stereocenters. The maximum atomic E-state index is 14.3. The normalized spacial score (nSPS) is 14.4. The van der Waals surface area contributed by atoms with Crippen molar-refractivity contribution in [2.75, 3.05) is 42.9 Å². The summed E-state index contributed by atoms with van der Waals surface area (Å²) in [5.74, 6) is -1.18. The number of carbonyl (C=O) groups excluding carboxylic acids is 3. The third-order valence-corrected chi connectivity index (χ3v) is 5.18. The fourth-order valence-corrected chi connectivity index (χ4v) is 3.40. The monoisotopic (exact) mass is 412 g/mol. The van der Waals surface area contributed by atoms with Crippen LogP contribution < -0.4 is 16.0 Å². The number of nitrogens with zero attached hydrogens (tertiary/aromatic N) is 2. The predicted octanol–water partition coefficient (Wildman–Crippen LogP) is 2.28. The molecule has 2 aromatic carbocycles. The molecular weight excluding hydrogens is 387 g/mol. The summed E-state index contributed by atoms with van der Waals surface area (Å²) in [4.78, 5) is 38.7. The van der Waals surface area contributed by atoms with Crippen LogP contribution in [0, 0.1) is 5.82 Å². The van der Waals surface area contributed by atoms with Gasteiger partial charge in [-0.05, 0) is 49.4 Å². The van der Waals surface area contributed by atoms with E-state index in [0.29, 0.717) is 61.6 Å². The van der Waals surface area contributed by atoms with Crippen molar-refractivity contribution in [2.45, 2.75) is 13.3 Å². The molecule has 0 aliphatic carbocycles. The number of carbonyl (C=O) groups is 3. The molecule has 8 heteroatoms. The first-order chi connectivity index (χ1) is 14.3. The van der Waals surface area contributed by atoms with Crippen molar-refractivity contribution in [1.82, 2.24) is 4.90 Å². The number of Topliss-reactive ketones (excluding diaryl/α,β-unsaturated/α-hetero) is 1. The Morgan fingerprint density at radius 3 is 2.20 bits per heavy atom. The maximum absolute atomic E-state index is 14.3. The fraction of sp³-hybridized carbons (Fsp3) is 0.318. The highest BCUT2D eigenvalue weighted by Gasteiger charge is 2.20. The van der Waals surface area contributed by atoms with Crippen LogP contribution in [-0.2, 0) is 4.79 Å². The Morgan fingerprint density at radius 2 is 1.63 bits per heavy atom. The van der Waals surface area contributed by atoms with Crippen molar-refractivity contribution < 1.29 is 18.8 Å². The molecule has 0 atom stereocenters. The third kappa shape index (κ3) is 5.42. The van der Waals surface area contributed by atoms with E-state index < -0.39 is 11.7 Å². The molecule has 158 valence electrons. The van der Waals surface area contributed by atoms with Crippen LogP contribution in [0.4, 0.5) is 15.8 Å². The van der Waals surface area contributed by atoms with Gasteiger partial charge in [0, 0.05) is 56.0 Å². The summed E-state index contributed by atoms with van der Waals surface area (Å²) in [7, 11) is 0. The summed E-state index contributed by atoms with van der Waals surface area (Å²) in [6, 6.07) is 11.0. The van der Waals surface area contributed by atoms with Crippen LogP contribution in [0.5, 0.6) is 0 Å². The van der Waals surface area contributed by atoms with Crippen LogP contribution in [0.25, 0.3) is 0 Å². The van der Waals surface area contributed by atoms with E-state index in [9.17, 15) is 18.8 Å². The van der Waals surface area contributed by atoms with Crippen LogP contribution >= 0.6 is 0 Å². The molecule has 3 rings (SSSR count). The lowest BCUT2D eigenvalue weighted by atomic mass is 10.1. The molecule has 3 N–H and O–H groups in total. The molecule has 0 saturated carbocycles. The Hall–Kier alpha value is -3.26. The SMILES string of the molecule is CC(=O)c1ccc(N2CCN(CCC(=O)Nc3ccc(C(N)=O)cc3)CC2)c(F)c1. The minimum absolute atomic E-state index is 0.116. The summed E-state index contributed by atoms with van der Waals surface area (Å²) in [5, 5.41) is 2.80. The number of anilines is 2. The average Bonchev–Trinajstić information content (AvgIpc) is 2.73. The number of hydrogen-bond donors (Lipinski definition) is 2. The van der Waals surface area contributed by atoms with E-state index >= 15 is 0 Å². The number of benzene rings is 2. The molecule has 7 nitrogen and oxygen atoms in total. The Balaban J connectivity index is 1.45. The zero-order valence-electron chi connectivity index (χ0n) is 16.9. The molecule has 0 aromatic heterocycles. The molecule has 2 amide bonds. The Labute approximate surface area is 174 Å². The van der Waals surface area contributed by atoms with E-state index in [-0.39, 0.29) is 11.7 Å². The number of primary amides is 1.